The summed E-state index contributed by atoms with van der Waals surface area (Å²) in [4.78, 5) is 14.1. The third-order valence-electron chi connectivity index (χ3n) is 3.90. The number of carbonyl (C=O) groups excluding carboxylic acids is 1. The van der Waals surface area contributed by atoms with E-state index in [1.165, 1.54) is 0 Å². The molecule has 0 aromatic rings. The lowest BCUT2D eigenvalue weighted by Gasteiger charge is -2.36. The molecule has 0 aliphatic carbocycles. The zero-order valence-electron chi connectivity index (χ0n) is 15.0. The van der Waals surface area contributed by atoms with Gasteiger partial charge in [-0.15, -0.1) is 0 Å². The second-order valence-corrected chi connectivity index (χ2v) is 9.94. The zero-order chi connectivity index (χ0) is 16.8. The Kier molecular flexibility index (Phi) is 7.13. The summed E-state index contributed by atoms with van der Waals surface area (Å²) in [7, 11) is -1.27. The summed E-state index contributed by atoms with van der Waals surface area (Å²) in [6.45, 7) is 16.0. The molecule has 1 saturated heterocycles. The van der Waals surface area contributed by atoms with Crippen LogP contribution in [0, 0.1) is 5.41 Å². The van der Waals surface area contributed by atoms with E-state index in [-0.39, 0.29) is 6.09 Å². The third-order valence-corrected chi connectivity index (χ3v) is 4.78. The molecule has 22 heavy (non-hydrogen) atoms. The largest absolute Gasteiger partial charge is 0.449 e. The minimum absolute atomic E-state index is 0.261. The maximum Gasteiger partial charge on any atom is 0.412 e. The van der Waals surface area contributed by atoms with Gasteiger partial charge >= 0.3 is 6.09 Å². The lowest BCUT2D eigenvalue weighted by molar-refractivity contribution is -0.0150. The van der Waals surface area contributed by atoms with Gasteiger partial charge in [-0.05, 0) is 50.3 Å². The molecule has 0 unspecified atom stereocenters. The van der Waals surface area contributed by atoms with E-state index in [1.807, 2.05) is 0 Å². The standard InChI is InChI=1S/C17H33NO3Si/c1-7-17(21-22(5)6)12-10-13-18(17)15(19)20-14-9-8-11-16(2,3)4/h7,22H,1,8-14H2,2-6H3/t17-/m1/s1. The van der Waals surface area contributed by atoms with Crippen LogP contribution in [0.4, 0.5) is 4.79 Å². The van der Waals surface area contributed by atoms with Crippen LogP contribution in [0.5, 0.6) is 0 Å². The number of ether oxygens (including phenoxy) is 1. The summed E-state index contributed by atoms with van der Waals surface area (Å²) in [6, 6.07) is 0. The molecule has 1 aliphatic rings. The SMILES string of the molecule is C=C[C@@]1(O[SiH](C)C)CCCN1C(=O)OCCCCC(C)(C)C. The van der Waals surface area contributed by atoms with Gasteiger partial charge in [-0.25, -0.2) is 4.79 Å². The van der Waals surface area contributed by atoms with Crippen molar-refractivity contribution in [2.75, 3.05) is 13.2 Å². The Morgan fingerprint density at radius 1 is 1.36 bits per heavy atom. The normalized spacial score (nSPS) is 22.2. The number of likely N-dealkylation sites (tertiary alicyclic amines) is 1. The van der Waals surface area contributed by atoms with Crippen LogP contribution in [0.15, 0.2) is 12.7 Å². The van der Waals surface area contributed by atoms with Gasteiger partial charge in [0.25, 0.3) is 0 Å². The Morgan fingerprint density at radius 2 is 2.05 bits per heavy atom. The van der Waals surface area contributed by atoms with Crippen molar-refractivity contribution in [2.45, 2.75) is 71.7 Å². The van der Waals surface area contributed by atoms with Crippen LogP contribution in [0.3, 0.4) is 0 Å². The average Bonchev–Trinajstić information content (AvgIpc) is 2.80. The maximum atomic E-state index is 12.4. The second-order valence-electron chi connectivity index (χ2n) is 7.60. The smallest absolute Gasteiger partial charge is 0.412 e. The Labute approximate surface area is 137 Å². The number of hydrogen-bond donors (Lipinski definition) is 0. The van der Waals surface area contributed by atoms with E-state index < -0.39 is 14.8 Å². The highest BCUT2D eigenvalue weighted by atomic mass is 28.3. The van der Waals surface area contributed by atoms with Crippen molar-refractivity contribution in [3.05, 3.63) is 12.7 Å². The van der Waals surface area contributed by atoms with Crippen molar-refractivity contribution in [3.63, 3.8) is 0 Å². The highest BCUT2D eigenvalue weighted by Gasteiger charge is 2.43. The molecule has 4 nitrogen and oxygen atoms in total. The van der Waals surface area contributed by atoms with Crippen LogP contribution in [0.2, 0.25) is 13.1 Å². The van der Waals surface area contributed by atoms with Crippen molar-refractivity contribution in [1.29, 1.82) is 0 Å². The molecule has 5 heteroatoms. The van der Waals surface area contributed by atoms with E-state index in [4.69, 9.17) is 9.16 Å². The lowest BCUT2D eigenvalue weighted by Crippen LogP contribution is -2.50. The minimum atomic E-state index is -1.27. The van der Waals surface area contributed by atoms with Gasteiger partial charge in [0.2, 0.25) is 0 Å². The first-order valence-electron chi connectivity index (χ1n) is 8.46. The van der Waals surface area contributed by atoms with Gasteiger partial charge in [-0.1, -0.05) is 27.4 Å². The van der Waals surface area contributed by atoms with Gasteiger partial charge in [0.05, 0.1) is 6.61 Å². The summed E-state index contributed by atoms with van der Waals surface area (Å²) in [5.41, 5.74) is -0.296. The fourth-order valence-corrected chi connectivity index (χ4v) is 4.00. The number of hydrogen-bond acceptors (Lipinski definition) is 3. The first kappa shape index (κ1) is 19.2. The molecule has 1 aliphatic heterocycles. The second kappa shape index (κ2) is 8.16. The third kappa shape index (κ3) is 5.76. The molecule has 0 N–H and O–H groups in total. The molecule has 1 heterocycles. The Bertz CT molecular complexity index is 379. The molecule has 0 bridgehead atoms. The van der Waals surface area contributed by atoms with Crippen LogP contribution >= 0.6 is 0 Å². The molecule has 0 aromatic heterocycles. The Hall–Kier alpha value is -0.813. The van der Waals surface area contributed by atoms with Gasteiger partial charge in [-0.3, -0.25) is 4.90 Å². The molecular formula is C17H33NO3Si. The van der Waals surface area contributed by atoms with E-state index in [9.17, 15) is 4.79 Å². The summed E-state index contributed by atoms with van der Waals surface area (Å²) in [5.74, 6) is 0. The van der Waals surface area contributed by atoms with E-state index in [1.54, 1.807) is 11.0 Å². The highest BCUT2D eigenvalue weighted by Crippen LogP contribution is 2.33. The average molecular weight is 328 g/mol. The molecule has 128 valence electrons. The molecule has 0 radical (unpaired) electrons. The molecule has 1 atom stereocenters. The van der Waals surface area contributed by atoms with Crippen LogP contribution in [0.25, 0.3) is 0 Å². The van der Waals surface area contributed by atoms with Crippen molar-refractivity contribution in [2.24, 2.45) is 5.41 Å². The topological polar surface area (TPSA) is 38.8 Å². The first-order valence-corrected chi connectivity index (χ1v) is 11.2. The maximum absolute atomic E-state index is 12.4. The van der Waals surface area contributed by atoms with E-state index in [0.717, 1.165) is 32.1 Å². The van der Waals surface area contributed by atoms with E-state index >= 15 is 0 Å². The summed E-state index contributed by atoms with van der Waals surface area (Å²) >= 11 is 0. The number of rotatable bonds is 7. The summed E-state index contributed by atoms with van der Waals surface area (Å²) < 4.78 is 11.6. The first-order chi connectivity index (χ1) is 10.2. The van der Waals surface area contributed by atoms with Gasteiger partial charge in [0.1, 0.15) is 0 Å². The number of carbonyl (C=O) groups is 1. The molecule has 0 saturated carbocycles. The van der Waals surface area contributed by atoms with E-state index in [0.29, 0.717) is 18.6 Å². The number of amides is 1. The molecule has 0 spiro atoms. The van der Waals surface area contributed by atoms with Gasteiger partial charge in [0.15, 0.2) is 14.8 Å². The van der Waals surface area contributed by atoms with Crippen LogP contribution < -0.4 is 0 Å². The summed E-state index contributed by atoms with van der Waals surface area (Å²) in [6.07, 6.45) is 6.41. The van der Waals surface area contributed by atoms with Crippen LogP contribution in [-0.2, 0) is 9.16 Å². The molecule has 1 amide bonds. The van der Waals surface area contributed by atoms with Crippen molar-refractivity contribution in [3.8, 4) is 0 Å². The van der Waals surface area contributed by atoms with Gasteiger partial charge < -0.3 is 9.16 Å². The van der Waals surface area contributed by atoms with Gasteiger partial charge in [-0.2, -0.15) is 0 Å². The van der Waals surface area contributed by atoms with Crippen molar-refractivity contribution < 1.29 is 14.0 Å². The van der Waals surface area contributed by atoms with Gasteiger partial charge in [0, 0.05) is 13.0 Å². The molecule has 1 rings (SSSR count). The summed E-state index contributed by atoms with van der Waals surface area (Å²) in [5, 5.41) is 0. The van der Waals surface area contributed by atoms with Crippen LogP contribution in [0.1, 0.15) is 52.9 Å². The number of unbranched alkanes of at least 4 members (excludes halogenated alkanes) is 1. The number of nitrogens with zero attached hydrogens (tertiary/aromatic N) is 1. The quantitative estimate of drug-likeness (QED) is 0.397. The minimum Gasteiger partial charge on any atom is -0.449 e. The fourth-order valence-electron chi connectivity index (χ4n) is 2.85. The van der Waals surface area contributed by atoms with Crippen molar-refractivity contribution in [1.82, 2.24) is 4.90 Å². The predicted molar refractivity (Wildman–Crippen MR) is 93.5 cm³/mol. The van der Waals surface area contributed by atoms with E-state index in [2.05, 4.69) is 40.4 Å². The van der Waals surface area contributed by atoms with Crippen molar-refractivity contribution >= 4 is 15.1 Å². The Balaban J connectivity index is 2.45. The molecule has 1 fully saturated rings. The Morgan fingerprint density at radius 3 is 2.59 bits per heavy atom. The lowest BCUT2D eigenvalue weighted by atomic mass is 9.90. The molecule has 0 aromatic carbocycles. The molecular weight excluding hydrogens is 294 g/mol. The fraction of sp³-hybridized carbons (Fsp3) is 0.824. The highest BCUT2D eigenvalue weighted by molar-refractivity contribution is 6.48. The monoisotopic (exact) mass is 327 g/mol. The predicted octanol–water partition coefficient (Wildman–Crippen LogP) is 4.32. The van der Waals surface area contributed by atoms with Crippen LogP contribution in [-0.4, -0.2) is 38.9 Å². The zero-order valence-corrected chi connectivity index (χ0v) is 16.1.